The number of ether oxygens (including phenoxy) is 3. The molecular formula is C10H18O3. The summed E-state index contributed by atoms with van der Waals surface area (Å²) in [6.07, 6.45) is 5.62. The minimum absolute atomic E-state index is 0.260. The van der Waals surface area contributed by atoms with Crippen LogP contribution >= 0.6 is 0 Å². The molecule has 0 saturated carbocycles. The first kappa shape index (κ1) is 12.2. The van der Waals surface area contributed by atoms with E-state index in [4.69, 9.17) is 14.2 Å². The van der Waals surface area contributed by atoms with Crippen LogP contribution in [-0.4, -0.2) is 27.1 Å². The van der Waals surface area contributed by atoms with Crippen LogP contribution in [0, 0.1) is 0 Å². The Morgan fingerprint density at radius 2 is 2.15 bits per heavy atom. The zero-order chi connectivity index (χ0) is 9.78. The Morgan fingerprint density at radius 1 is 1.31 bits per heavy atom. The number of allylic oxidation sites excluding steroid dienone is 1. The summed E-state index contributed by atoms with van der Waals surface area (Å²) in [5, 5.41) is 0. The van der Waals surface area contributed by atoms with Crippen LogP contribution in [0.5, 0.6) is 0 Å². The molecule has 0 aliphatic heterocycles. The van der Waals surface area contributed by atoms with E-state index in [9.17, 15) is 0 Å². The van der Waals surface area contributed by atoms with Gasteiger partial charge in [-0.05, 0) is 12.5 Å². The number of hydrogen-bond donors (Lipinski definition) is 0. The molecule has 0 atom stereocenters. The molecule has 0 radical (unpaired) electrons. The van der Waals surface area contributed by atoms with Crippen LogP contribution in [-0.2, 0) is 14.2 Å². The minimum Gasteiger partial charge on any atom is -0.467 e. The number of rotatable bonds is 8. The van der Waals surface area contributed by atoms with Crippen molar-refractivity contribution in [2.75, 3.05) is 27.1 Å². The Bertz CT molecular complexity index is 148. The van der Waals surface area contributed by atoms with Crippen LogP contribution < -0.4 is 0 Å². The highest BCUT2D eigenvalue weighted by molar-refractivity contribution is 4.78. The van der Waals surface area contributed by atoms with Crippen molar-refractivity contribution in [3.63, 3.8) is 0 Å². The van der Waals surface area contributed by atoms with Crippen molar-refractivity contribution >= 4 is 0 Å². The van der Waals surface area contributed by atoms with E-state index in [-0.39, 0.29) is 6.79 Å². The Hall–Kier alpha value is -0.760. The second-order valence-corrected chi connectivity index (χ2v) is 2.46. The summed E-state index contributed by atoms with van der Waals surface area (Å²) < 4.78 is 14.8. The van der Waals surface area contributed by atoms with Gasteiger partial charge in [0.1, 0.15) is 6.26 Å². The lowest BCUT2D eigenvalue weighted by Gasteiger charge is -2.00. The smallest absolute Gasteiger partial charge is 0.189 e. The maximum atomic E-state index is 5.05. The molecule has 0 amide bonds. The first-order chi connectivity index (χ1) is 6.41. The van der Waals surface area contributed by atoms with Gasteiger partial charge in [-0.1, -0.05) is 19.1 Å². The number of unbranched alkanes of at least 4 members (excludes halogenated alkanes) is 1. The molecule has 0 heterocycles. The molecular weight excluding hydrogens is 168 g/mol. The molecule has 0 rings (SSSR count). The Morgan fingerprint density at radius 3 is 2.85 bits per heavy atom. The van der Waals surface area contributed by atoms with Crippen molar-refractivity contribution in [3.05, 3.63) is 18.1 Å². The summed E-state index contributed by atoms with van der Waals surface area (Å²) >= 11 is 0. The van der Waals surface area contributed by atoms with Gasteiger partial charge >= 0.3 is 0 Å². The number of hydrogen-bond acceptors (Lipinski definition) is 3. The molecule has 13 heavy (non-hydrogen) atoms. The highest BCUT2D eigenvalue weighted by Gasteiger charge is 1.83. The van der Waals surface area contributed by atoms with E-state index < -0.39 is 0 Å². The summed E-state index contributed by atoms with van der Waals surface area (Å²) in [7, 11) is 1.64. The molecule has 0 aliphatic carbocycles. The molecule has 0 aromatic heterocycles. The van der Waals surface area contributed by atoms with Gasteiger partial charge in [-0.25, -0.2) is 0 Å². The summed E-state index contributed by atoms with van der Waals surface area (Å²) in [5.74, 6) is 0. The fraction of sp³-hybridized carbons (Fsp3) is 0.700. The van der Waals surface area contributed by atoms with Crippen molar-refractivity contribution in [2.45, 2.75) is 19.8 Å². The molecule has 76 valence electrons. The highest BCUT2D eigenvalue weighted by Crippen LogP contribution is 1.86. The summed E-state index contributed by atoms with van der Waals surface area (Å²) in [6, 6.07) is 0. The average molecular weight is 186 g/mol. The average Bonchev–Trinajstić information content (AvgIpc) is 2.16. The first-order valence-electron chi connectivity index (χ1n) is 4.49. The summed E-state index contributed by atoms with van der Waals surface area (Å²) in [6.45, 7) is 3.53. The van der Waals surface area contributed by atoms with Crippen LogP contribution in [0.25, 0.3) is 0 Å². The third-order valence-electron chi connectivity index (χ3n) is 1.29. The van der Waals surface area contributed by atoms with Crippen LogP contribution in [0.1, 0.15) is 19.8 Å². The Labute approximate surface area is 80.0 Å². The van der Waals surface area contributed by atoms with Gasteiger partial charge < -0.3 is 14.2 Å². The summed E-state index contributed by atoms with van der Waals surface area (Å²) in [5.41, 5.74) is 2.89. The molecule has 0 aliphatic rings. The topological polar surface area (TPSA) is 27.7 Å². The minimum atomic E-state index is 0.260. The molecule has 0 aromatic carbocycles. The van der Waals surface area contributed by atoms with E-state index in [1.807, 2.05) is 6.08 Å². The zero-order valence-electron chi connectivity index (χ0n) is 8.41. The normalized spacial score (nSPS) is 9.08. The van der Waals surface area contributed by atoms with Gasteiger partial charge in [-0.15, -0.1) is 0 Å². The maximum absolute atomic E-state index is 5.05. The number of methoxy groups -OCH3 is 1. The van der Waals surface area contributed by atoms with Crippen LogP contribution in [0.15, 0.2) is 18.1 Å². The van der Waals surface area contributed by atoms with Gasteiger partial charge in [0.15, 0.2) is 6.79 Å². The quantitative estimate of drug-likeness (QED) is 0.251. The first-order valence-corrected chi connectivity index (χ1v) is 4.49. The maximum Gasteiger partial charge on any atom is 0.189 e. The molecule has 3 heteroatoms. The van der Waals surface area contributed by atoms with E-state index in [2.05, 4.69) is 12.7 Å². The predicted molar refractivity (Wildman–Crippen MR) is 51.3 cm³/mol. The largest absolute Gasteiger partial charge is 0.467 e. The van der Waals surface area contributed by atoms with Crippen LogP contribution in [0.4, 0.5) is 0 Å². The fourth-order valence-electron chi connectivity index (χ4n) is 0.607. The molecule has 0 spiro atoms. The van der Waals surface area contributed by atoms with Gasteiger partial charge in [0.2, 0.25) is 0 Å². The van der Waals surface area contributed by atoms with Gasteiger partial charge in [-0.2, -0.15) is 0 Å². The highest BCUT2D eigenvalue weighted by atomic mass is 16.7. The van der Waals surface area contributed by atoms with E-state index in [0.717, 1.165) is 12.8 Å². The van der Waals surface area contributed by atoms with Crippen molar-refractivity contribution in [3.8, 4) is 0 Å². The van der Waals surface area contributed by atoms with Gasteiger partial charge in [0, 0.05) is 7.11 Å². The Kier molecular flexibility index (Phi) is 10.6. The lowest BCUT2D eigenvalue weighted by molar-refractivity contribution is -0.0296. The SMILES string of the molecule is CCCC=C=COCOCCOC. The van der Waals surface area contributed by atoms with Crippen molar-refractivity contribution < 1.29 is 14.2 Å². The molecule has 0 unspecified atom stereocenters. The molecule has 0 fully saturated rings. The lowest BCUT2D eigenvalue weighted by atomic mass is 10.3. The van der Waals surface area contributed by atoms with E-state index >= 15 is 0 Å². The molecule has 0 N–H and O–H groups in total. The van der Waals surface area contributed by atoms with Crippen molar-refractivity contribution in [2.24, 2.45) is 0 Å². The third kappa shape index (κ3) is 11.2. The zero-order valence-corrected chi connectivity index (χ0v) is 8.41. The molecule has 0 aromatic rings. The van der Waals surface area contributed by atoms with E-state index in [1.54, 1.807) is 7.11 Å². The van der Waals surface area contributed by atoms with Crippen LogP contribution in [0.3, 0.4) is 0 Å². The lowest BCUT2D eigenvalue weighted by Crippen LogP contribution is -2.03. The molecule has 0 saturated heterocycles. The third-order valence-corrected chi connectivity index (χ3v) is 1.29. The molecule has 0 bridgehead atoms. The van der Waals surface area contributed by atoms with Crippen molar-refractivity contribution in [1.82, 2.24) is 0 Å². The summed E-state index contributed by atoms with van der Waals surface area (Å²) in [4.78, 5) is 0. The van der Waals surface area contributed by atoms with Gasteiger partial charge in [-0.3, -0.25) is 0 Å². The van der Waals surface area contributed by atoms with Gasteiger partial charge in [0.05, 0.1) is 13.2 Å². The second kappa shape index (κ2) is 11.2. The Balaban J connectivity index is 3.10. The predicted octanol–water partition coefficient (Wildman–Crippen LogP) is 2.09. The van der Waals surface area contributed by atoms with E-state index in [0.29, 0.717) is 13.2 Å². The van der Waals surface area contributed by atoms with E-state index in [1.165, 1.54) is 6.26 Å². The van der Waals surface area contributed by atoms with Crippen LogP contribution in [0.2, 0.25) is 0 Å². The monoisotopic (exact) mass is 186 g/mol. The van der Waals surface area contributed by atoms with Gasteiger partial charge in [0.25, 0.3) is 0 Å². The second-order valence-electron chi connectivity index (χ2n) is 2.46. The standard InChI is InChI=1S/C10H18O3/c1-3-4-5-6-7-12-10-13-9-8-11-2/h5,7H,3-4,8-10H2,1-2H3. The molecule has 3 nitrogen and oxygen atoms in total. The van der Waals surface area contributed by atoms with Crippen molar-refractivity contribution in [1.29, 1.82) is 0 Å². The fourth-order valence-corrected chi connectivity index (χ4v) is 0.607.